The van der Waals surface area contributed by atoms with Crippen LogP contribution in [0.25, 0.3) is 10.2 Å². The quantitative estimate of drug-likeness (QED) is 0.674. The molecule has 3 rings (SSSR count). The van der Waals surface area contributed by atoms with E-state index in [4.69, 9.17) is 0 Å². The van der Waals surface area contributed by atoms with Crippen LogP contribution in [0.5, 0.6) is 0 Å². The number of hydrogen-bond donors (Lipinski definition) is 2. The highest BCUT2D eigenvalue weighted by molar-refractivity contribution is 7.89. The van der Waals surface area contributed by atoms with Crippen molar-refractivity contribution >= 4 is 42.6 Å². The molecule has 0 fully saturated rings. The van der Waals surface area contributed by atoms with E-state index in [0.29, 0.717) is 27.5 Å². The van der Waals surface area contributed by atoms with Gasteiger partial charge in [0.1, 0.15) is 0 Å². The molecule has 0 aliphatic heterocycles. The predicted octanol–water partition coefficient (Wildman–Crippen LogP) is 2.88. The summed E-state index contributed by atoms with van der Waals surface area (Å²) in [5.74, 6) is -0.102. The second-order valence-electron chi connectivity index (χ2n) is 6.09. The molecular weight excluding hydrogens is 372 g/mol. The Kier molecular flexibility index (Phi) is 5.30. The molecule has 3 aromatic rings. The van der Waals surface area contributed by atoms with Gasteiger partial charge < -0.3 is 0 Å². The molecule has 1 amide bonds. The second kappa shape index (κ2) is 7.48. The number of benzene rings is 1. The number of carbonyl (C=O) groups excluding carboxylic acids is 1. The Morgan fingerprint density at radius 3 is 2.77 bits per heavy atom. The second-order valence-corrected chi connectivity index (χ2v) is 8.89. The minimum Gasteiger partial charge on any atom is -0.298 e. The van der Waals surface area contributed by atoms with Gasteiger partial charge in [0.25, 0.3) is 5.91 Å². The van der Waals surface area contributed by atoms with Crippen molar-refractivity contribution in [2.24, 2.45) is 5.92 Å². The molecular formula is C17H18N4O3S2. The summed E-state index contributed by atoms with van der Waals surface area (Å²) in [6.07, 6.45) is 3.05. The Morgan fingerprint density at radius 1 is 1.27 bits per heavy atom. The van der Waals surface area contributed by atoms with Gasteiger partial charge in [-0.05, 0) is 36.2 Å². The Hall–Kier alpha value is -2.36. The number of pyridine rings is 1. The number of fused-ring (bicyclic) bond motifs is 1. The molecule has 0 radical (unpaired) electrons. The van der Waals surface area contributed by atoms with E-state index in [1.54, 1.807) is 30.5 Å². The molecule has 2 aromatic heterocycles. The van der Waals surface area contributed by atoms with E-state index >= 15 is 0 Å². The van der Waals surface area contributed by atoms with Crippen LogP contribution in [0.2, 0.25) is 0 Å². The molecule has 2 N–H and O–H groups in total. The number of nitrogens with zero attached hydrogens (tertiary/aromatic N) is 2. The number of anilines is 1. The van der Waals surface area contributed by atoms with Crippen LogP contribution in [0.4, 0.5) is 5.13 Å². The Labute approximate surface area is 155 Å². The molecule has 136 valence electrons. The van der Waals surface area contributed by atoms with Crippen LogP contribution in [-0.2, 0) is 10.0 Å². The summed E-state index contributed by atoms with van der Waals surface area (Å²) in [7, 11) is -3.57. The molecule has 0 aliphatic carbocycles. The number of hydrogen-bond acceptors (Lipinski definition) is 6. The molecule has 0 aliphatic rings. The van der Waals surface area contributed by atoms with Crippen molar-refractivity contribution in [3.63, 3.8) is 0 Å². The van der Waals surface area contributed by atoms with Gasteiger partial charge >= 0.3 is 0 Å². The lowest BCUT2D eigenvalue weighted by Gasteiger charge is -2.08. The van der Waals surface area contributed by atoms with Crippen LogP contribution >= 0.6 is 11.3 Å². The third kappa shape index (κ3) is 4.24. The lowest BCUT2D eigenvalue weighted by Crippen LogP contribution is -2.27. The van der Waals surface area contributed by atoms with Crippen molar-refractivity contribution in [2.45, 2.75) is 18.7 Å². The van der Waals surface area contributed by atoms with Crippen molar-refractivity contribution in [3.8, 4) is 0 Å². The van der Waals surface area contributed by atoms with Gasteiger partial charge in [-0.3, -0.25) is 15.1 Å². The number of sulfonamides is 1. The Balaban J connectivity index is 1.82. The molecule has 7 nitrogen and oxygen atoms in total. The number of carbonyl (C=O) groups is 1. The third-order valence-corrected chi connectivity index (χ3v) is 5.85. The zero-order valence-electron chi connectivity index (χ0n) is 14.3. The molecule has 1 aromatic carbocycles. The first-order valence-electron chi connectivity index (χ1n) is 7.97. The highest BCUT2D eigenvalue weighted by Gasteiger charge is 2.16. The first-order chi connectivity index (χ1) is 12.3. The first kappa shape index (κ1) is 18.4. The van der Waals surface area contributed by atoms with Gasteiger partial charge in [-0.15, -0.1) is 0 Å². The zero-order valence-corrected chi connectivity index (χ0v) is 15.9. The topological polar surface area (TPSA) is 101 Å². The summed E-state index contributed by atoms with van der Waals surface area (Å²) in [6.45, 7) is 4.24. The summed E-state index contributed by atoms with van der Waals surface area (Å²) in [4.78, 5) is 20.6. The zero-order chi connectivity index (χ0) is 18.7. The van der Waals surface area contributed by atoms with Gasteiger partial charge in [0.15, 0.2) is 5.13 Å². The molecule has 0 unspecified atom stereocenters. The summed E-state index contributed by atoms with van der Waals surface area (Å²) in [6, 6.07) is 8.04. The monoisotopic (exact) mass is 390 g/mol. The normalized spacial score (nSPS) is 11.8. The van der Waals surface area contributed by atoms with E-state index < -0.39 is 10.0 Å². The number of aromatic nitrogens is 2. The number of amides is 1. The maximum absolute atomic E-state index is 12.3. The summed E-state index contributed by atoms with van der Waals surface area (Å²) >= 11 is 1.22. The minimum atomic E-state index is -3.57. The molecule has 2 heterocycles. The third-order valence-electron chi connectivity index (χ3n) is 3.50. The summed E-state index contributed by atoms with van der Waals surface area (Å²) in [5, 5.41) is 3.11. The molecule has 9 heteroatoms. The lowest BCUT2D eigenvalue weighted by atomic mass is 10.2. The standard InChI is InChI=1S/C17H18N4O3S2/c1-11(2)9-19-26(23,24)13-5-6-14-15(8-13)25-17(20-14)21-16(22)12-4-3-7-18-10-12/h3-8,10-11,19H,9H2,1-2H3,(H,20,21,22). The van der Waals surface area contributed by atoms with Crippen molar-refractivity contribution in [3.05, 3.63) is 48.3 Å². The van der Waals surface area contributed by atoms with Gasteiger partial charge in [0.2, 0.25) is 10.0 Å². The van der Waals surface area contributed by atoms with E-state index in [-0.39, 0.29) is 16.7 Å². The van der Waals surface area contributed by atoms with Gasteiger partial charge in [-0.25, -0.2) is 18.1 Å². The van der Waals surface area contributed by atoms with Crippen LogP contribution in [0.1, 0.15) is 24.2 Å². The molecule has 0 bridgehead atoms. The van der Waals surface area contributed by atoms with Gasteiger partial charge in [-0.1, -0.05) is 25.2 Å². The highest BCUT2D eigenvalue weighted by Crippen LogP contribution is 2.28. The van der Waals surface area contributed by atoms with Crippen molar-refractivity contribution in [1.29, 1.82) is 0 Å². The van der Waals surface area contributed by atoms with E-state index in [1.165, 1.54) is 23.6 Å². The highest BCUT2D eigenvalue weighted by atomic mass is 32.2. The van der Waals surface area contributed by atoms with Crippen molar-refractivity contribution in [1.82, 2.24) is 14.7 Å². The van der Waals surface area contributed by atoms with Gasteiger partial charge in [0, 0.05) is 18.9 Å². The van der Waals surface area contributed by atoms with Crippen molar-refractivity contribution in [2.75, 3.05) is 11.9 Å². The first-order valence-corrected chi connectivity index (χ1v) is 10.3. The summed E-state index contributed by atoms with van der Waals surface area (Å²) < 4.78 is 28.0. The maximum atomic E-state index is 12.3. The summed E-state index contributed by atoms with van der Waals surface area (Å²) in [5.41, 5.74) is 1.05. The van der Waals surface area contributed by atoms with Crippen LogP contribution in [-0.4, -0.2) is 30.8 Å². The van der Waals surface area contributed by atoms with Gasteiger partial charge in [-0.2, -0.15) is 0 Å². The van der Waals surface area contributed by atoms with E-state index in [9.17, 15) is 13.2 Å². The SMILES string of the molecule is CC(C)CNS(=O)(=O)c1ccc2nc(NC(=O)c3cccnc3)sc2c1. The smallest absolute Gasteiger partial charge is 0.259 e. The molecule has 26 heavy (non-hydrogen) atoms. The maximum Gasteiger partial charge on any atom is 0.259 e. The fourth-order valence-corrected chi connectivity index (χ4v) is 4.37. The number of rotatable bonds is 6. The molecule has 0 spiro atoms. The average molecular weight is 390 g/mol. The fourth-order valence-electron chi connectivity index (χ4n) is 2.15. The molecule has 0 saturated carbocycles. The molecule has 0 atom stereocenters. The Morgan fingerprint density at radius 2 is 2.08 bits per heavy atom. The van der Waals surface area contributed by atoms with Crippen LogP contribution < -0.4 is 10.0 Å². The largest absolute Gasteiger partial charge is 0.298 e. The van der Waals surface area contributed by atoms with Crippen LogP contribution in [0.15, 0.2) is 47.6 Å². The minimum absolute atomic E-state index is 0.180. The van der Waals surface area contributed by atoms with E-state index in [0.717, 1.165) is 0 Å². The van der Waals surface area contributed by atoms with E-state index in [2.05, 4.69) is 20.0 Å². The van der Waals surface area contributed by atoms with E-state index in [1.807, 2.05) is 13.8 Å². The van der Waals surface area contributed by atoms with Crippen molar-refractivity contribution < 1.29 is 13.2 Å². The predicted molar refractivity (Wildman–Crippen MR) is 102 cm³/mol. The van der Waals surface area contributed by atoms with Crippen LogP contribution in [0.3, 0.4) is 0 Å². The Bertz CT molecular complexity index is 1030. The average Bonchev–Trinajstić information content (AvgIpc) is 3.02. The lowest BCUT2D eigenvalue weighted by molar-refractivity contribution is 0.102. The molecule has 0 saturated heterocycles. The van der Waals surface area contributed by atoms with Crippen LogP contribution in [0, 0.1) is 5.92 Å². The number of thiazole rings is 1. The number of nitrogens with one attached hydrogen (secondary N) is 2. The van der Waals surface area contributed by atoms with Gasteiger partial charge in [0.05, 0.1) is 20.7 Å². The fraction of sp³-hybridized carbons (Fsp3) is 0.235.